The molecular formula is C23H33ClO5. The van der Waals surface area contributed by atoms with Gasteiger partial charge in [0, 0.05) is 24.3 Å². The molecule has 0 aliphatic heterocycles. The third kappa shape index (κ3) is 8.00. The van der Waals surface area contributed by atoms with Crippen LogP contribution in [0.1, 0.15) is 44.6 Å². The second-order valence-corrected chi connectivity index (χ2v) is 8.04. The highest BCUT2D eigenvalue weighted by molar-refractivity contribution is 6.21. The number of allylic oxidation sites excluding steroid dienone is 2. The number of benzene rings is 1. The topological polar surface area (TPSA) is 76.0 Å². The molecule has 0 bridgehead atoms. The van der Waals surface area contributed by atoms with E-state index in [1.807, 2.05) is 31.2 Å². The first-order valence-electron chi connectivity index (χ1n) is 10.5. The molecule has 1 aromatic rings. The van der Waals surface area contributed by atoms with Gasteiger partial charge in [-0.2, -0.15) is 0 Å². The molecule has 1 aliphatic rings. The van der Waals surface area contributed by atoms with Crippen molar-refractivity contribution in [1.29, 1.82) is 0 Å². The molecule has 0 radical (unpaired) electrons. The number of unbranched alkanes of at least 4 members (excludes halogenated alkanes) is 1. The molecule has 2 rings (SSSR count). The number of alkyl halides is 1. The second-order valence-electron chi connectivity index (χ2n) is 7.48. The van der Waals surface area contributed by atoms with E-state index in [4.69, 9.17) is 26.2 Å². The highest BCUT2D eigenvalue weighted by Gasteiger charge is 2.41. The van der Waals surface area contributed by atoms with Crippen LogP contribution in [0.15, 0.2) is 36.4 Å². The summed E-state index contributed by atoms with van der Waals surface area (Å²) < 4.78 is 10.9. The van der Waals surface area contributed by atoms with E-state index in [2.05, 4.69) is 12.2 Å². The number of ether oxygens (including phenoxy) is 2. The van der Waals surface area contributed by atoms with Crippen molar-refractivity contribution < 1.29 is 24.5 Å². The average molecular weight is 425 g/mol. The van der Waals surface area contributed by atoms with Crippen molar-refractivity contribution in [2.45, 2.75) is 56.9 Å². The molecule has 0 unspecified atom stereocenters. The van der Waals surface area contributed by atoms with Gasteiger partial charge in [-0.3, -0.25) is 4.79 Å². The molecule has 1 aliphatic carbocycles. The Labute approximate surface area is 178 Å². The Morgan fingerprint density at radius 3 is 2.90 bits per heavy atom. The first kappa shape index (κ1) is 23.7. The zero-order valence-electron chi connectivity index (χ0n) is 17.1. The number of aliphatic hydroxyl groups is 2. The molecule has 1 aromatic carbocycles. The van der Waals surface area contributed by atoms with Crippen LogP contribution in [0.25, 0.3) is 0 Å². The van der Waals surface area contributed by atoms with Crippen molar-refractivity contribution >= 4 is 17.6 Å². The summed E-state index contributed by atoms with van der Waals surface area (Å²) in [6, 6.07) is 7.68. The van der Waals surface area contributed by atoms with Crippen molar-refractivity contribution in [2.75, 3.05) is 19.8 Å². The maximum Gasteiger partial charge on any atom is 0.305 e. The van der Waals surface area contributed by atoms with Crippen LogP contribution in [0.4, 0.5) is 0 Å². The first-order chi connectivity index (χ1) is 14.0. The molecule has 0 aromatic heterocycles. The predicted molar refractivity (Wildman–Crippen MR) is 114 cm³/mol. The predicted octanol–water partition coefficient (Wildman–Crippen LogP) is 3.88. The molecule has 1 saturated carbocycles. The van der Waals surface area contributed by atoms with E-state index < -0.39 is 6.10 Å². The maximum absolute atomic E-state index is 11.3. The standard InChI is InChI=1S/C23H33ClO5/c1-2-28-23(27)11-6-4-3-5-10-19-20(22(26)15-21(19)24)16-29-18-9-7-8-17(14-18)12-13-25/h3,5,7-9,14,19-22,25-26H,2,4,6,10-13,15-16H2,1H3/b5-3-/t19-,20-,21-,22-/m1/s1. The van der Waals surface area contributed by atoms with E-state index in [9.17, 15) is 9.90 Å². The number of rotatable bonds is 12. The summed E-state index contributed by atoms with van der Waals surface area (Å²) in [7, 11) is 0. The van der Waals surface area contributed by atoms with Crippen molar-refractivity contribution in [3.8, 4) is 5.75 Å². The minimum Gasteiger partial charge on any atom is -0.493 e. The molecule has 0 heterocycles. The van der Waals surface area contributed by atoms with Crippen LogP contribution in [0.2, 0.25) is 0 Å². The third-order valence-corrected chi connectivity index (χ3v) is 5.85. The van der Waals surface area contributed by atoms with Gasteiger partial charge in [0.2, 0.25) is 0 Å². The number of esters is 1. The lowest BCUT2D eigenvalue weighted by Crippen LogP contribution is -2.27. The zero-order chi connectivity index (χ0) is 21.1. The summed E-state index contributed by atoms with van der Waals surface area (Å²) in [5.74, 6) is 0.715. The van der Waals surface area contributed by atoms with Gasteiger partial charge in [0.15, 0.2) is 0 Å². The molecule has 4 atom stereocenters. The molecule has 162 valence electrons. The quantitative estimate of drug-likeness (QED) is 0.230. The lowest BCUT2D eigenvalue weighted by molar-refractivity contribution is -0.143. The van der Waals surface area contributed by atoms with E-state index in [-0.39, 0.29) is 29.8 Å². The van der Waals surface area contributed by atoms with Crippen LogP contribution >= 0.6 is 11.6 Å². The van der Waals surface area contributed by atoms with Crippen LogP contribution < -0.4 is 4.74 Å². The molecule has 0 saturated heterocycles. The van der Waals surface area contributed by atoms with E-state index in [0.717, 1.165) is 30.6 Å². The van der Waals surface area contributed by atoms with Gasteiger partial charge in [0.25, 0.3) is 0 Å². The van der Waals surface area contributed by atoms with E-state index in [1.165, 1.54) is 0 Å². The number of hydrogen-bond donors (Lipinski definition) is 2. The van der Waals surface area contributed by atoms with E-state index >= 15 is 0 Å². The fourth-order valence-electron chi connectivity index (χ4n) is 3.77. The van der Waals surface area contributed by atoms with E-state index in [0.29, 0.717) is 32.5 Å². The number of halogens is 1. The van der Waals surface area contributed by atoms with Gasteiger partial charge in [-0.05, 0) is 62.6 Å². The molecule has 2 N–H and O–H groups in total. The van der Waals surface area contributed by atoms with Gasteiger partial charge in [0.1, 0.15) is 5.75 Å². The summed E-state index contributed by atoms with van der Waals surface area (Å²) in [6.07, 6.45) is 7.66. The number of carbonyl (C=O) groups excluding carboxylic acids is 1. The van der Waals surface area contributed by atoms with Gasteiger partial charge in [-0.1, -0.05) is 24.3 Å². The first-order valence-corrected chi connectivity index (χ1v) is 10.9. The lowest BCUT2D eigenvalue weighted by atomic mass is 9.92. The zero-order valence-corrected chi connectivity index (χ0v) is 17.9. The van der Waals surface area contributed by atoms with Gasteiger partial charge in [0.05, 0.1) is 19.3 Å². The monoisotopic (exact) mass is 424 g/mol. The Bertz CT molecular complexity index is 648. The Morgan fingerprint density at radius 1 is 1.31 bits per heavy atom. The highest BCUT2D eigenvalue weighted by atomic mass is 35.5. The maximum atomic E-state index is 11.3. The smallest absolute Gasteiger partial charge is 0.305 e. The summed E-state index contributed by atoms with van der Waals surface area (Å²) in [4.78, 5) is 11.3. The van der Waals surface area contributed by atoms with Crippen LogP contribution in [-0.2, 0) is 16.0 Å². The number of carbonyl (C=O) groups is 1. The summed E-state index contributed by atoms with van der Waals surface area (Å²) in [5, 5.41) is 19.4. The second kappa shape index (κ2) is 12.9. The van der Waals surface area contributed by atoms with Gasteiger partial charge in [-0.15, -0.1) is 11.6 Å². The minimum atomic E-state index is -0.472. The number of hydrogen-bond acceptors (Lipinski definition) is 5. The average Bonchev–Trinajstić information content (AvgIpc) is 2.96. The third-order valence-electron chi connectivity index (χ3n) is 5.35. The van der Waals surface area contributed by atoms with E-state index in [1.54, 1.807) is 0 Å². The highest BCUT2D eigenvalue weighted by Crippen LogP contribution is 2.39. The Hall–Kier alpha value is -1.56. The Morgan fingerprint density at radius 2 is 2.14 bits per heavy atom. The number of aliphatic hydroxyl groups excluding tert-OH is 2. The fraction of sp³-hybridized carbons (Fsp3) is 0.609. The molecule has 6 heteroatoms. The molecule has 5 nitrogen and oxygen atoms in total. The van der Waals surface area contributed by atoms with Crippen LogP contribution in [0, 0.1) is 11.8 Å². The molecule has 0 amide bonds. The molecule has 0 spiro atoms. The Kier molecular flexibility index (Phi) is 10.5. The van der Waals surface area contributed by atoms with Gasteiger partial charge in [-0.25, -0.2) is 0 Å². The summed E-state index contributed by atoms with van der Waals surface area (Å²) in [5.41, 5.74) is 1.02. The van der Waals surface area contributed by atoms with Gasteiger partial charge >= 0.3 is 5.97 Å². The summed E-state index contributed by atoms with van der Waals surface area (Å²) in [6.45, 7) is 2.74. The molecular weight excluding hydrogens is 392 g/mol. The fourth-order valence-corrected chi connectivity index (χ4v) is 4.24. The summed E-state index contributed by atoms with van der Waals surface area (Å²) >= 11 is 6.49. The van der Waals surface area contributed by atoms with Crippen LogP contribution in [0.5, 0.6) is 5.75 Å². The van der Waals surface area contributed by atoms with Crippen LogP contribution in [0.3, 0.4) is 0 Å². The molecule has 29 heavy (non-hydrogen) atoms. The Balaban J connectivity index is 1.81. The van der Waals surface area contributed by atoms with Crippen molar-refractivity contribution in [1.82, 2.24) is 0 Å². The van der Waals surface area contributed by atoms with Crippen molar-refractivity contribution in [3.63, 3.8) is 0 Å². The van der Waals surface area contributed by atoms with Crippen molar-refractivity contribution in [2.24, 2.45) is 11.8 Å². The van der Waals surface area contributed by atoms with Crippen LogP contribution in [-0.4, -0.2) is 47.5 Å². The lowest BCUT2D eigenvalue weighted by Gasteiger charge is -2.22. The van der Waals surface area contributed by atoms with Gasteiger partial charge < -0.3 is 19.7 Å². The molecule has 1 fully saturated rings. The normalized spacial score (nSPS) is 24.1. The van der Waals surface area contributed by atoms with Crippen molar-refractivity contribution in [3.05, 3.63) is 42.0 Å². The minimum absolute atomic E-state index is 0.0248. The SMILES string of the molecule is CCOC(=O)CCC/C=C\C[C@@H]1[C@@H](COc2cccc(CCO)c2)[C@H](O)C[C@H]1Cl. The largest absolute Gasteiger partial charge is 0.493 e.